The molecule has 2 aliphatic heterocycles. The first kappa shape index (κ1) is 13.6. The molecule has 108 valence electrons. The first-order valence-electron chi connectivity index (χ1n) is 7.25. The van der Waals surface area contributed by atoms with E-state index in [0.29, 0.717) is 19.6 Å². The van der Waals surface area contributed by atoms with Gasteiger partial charge in [0.25, 0.3) is 0 Å². The molecule has 0 saturated carbocycles. The second-order valence-corrected chi connectivity index (χ2v) is 6.20. The van der Waals surface area contributed by atoms with Crippen molar-refractivity contribution in [2.24, 2.45) is 5.41 Å². The fraction of sp³-hybridized carbons (Fsp3) is 0.562. The van der Waals surface area contributed by atoms with Gasteiger partial charge in [-0.05, 0) is 12.6 Å². The van der Waals surface area contributed by atoms with Crippen LogP contribution in [0.5, 0.6) is 0 Å². The molecule has 0 radical (unpaired) electrons. The zero-order valence-electron chi connectivity index (χ0n) is 12.0. The lowest BCUT2D eigenvalue weighted by Crippen LogP contribution is -2.39. The Morgan fingerprint density at radius 1 is 1.25 bits per heavy atom. The molecule has 1 amide bonds. The Hall–Kier alpha value is -1.39. The number of rotatable bonds is 2. The summed E-state index contributed by atoms with van der Waals surface area (Å²) in [5.74, 6) is 0.257. The molecule has 0 N–H and O–H groups in total. The molecule has 1 spiro atoms. The van der Waals surface area contributed by atoms with E-state index in [0.717, 1.165) is 26.2 Å². The number of hydrogen-bond acceptors (Lipinski definition) is 3. The van der Waals surface area contributed by atoms with Crippen LogP contribution in [0.15, 0.2) is 30.3 Å². The molecule has 1 aromatic rings. The van der Waals surface area contributed by atoms with E-state index >= 15 is 0 Å². The standard InChI is InChI=1S/C16H22N2O2/c1-17-7-8-20-13-16(11-17)9-15(19)18(12-16)10-14-5-3-2-4-6-14/h2-6H,7-13H2,1H3/t16-/m0/s1. The second kappa shape index (κ2) is 5.54. The predicted molar refractivity (Wildman–Crippen MR) is 77.2 cm³/mol. The van der Waals surface area contributed by atoms with Gasteiger partial charge in [0.2, 0.25) is 5.91 Å². The molecule has 0 bridgehead atoms. The number of carbonyl (C=O) groups excluding carboxylic acids is 1. The first-order chi connectivity index (χ1) is 9.67. The minimum atomic E-state index is -0.0168. The largest absolute Gasteiger partial charge is 0.379 e. The Morgan fingerprint density at radius 3 is 2.85 bits per heavy atom. The smallest absolute Gasteiger partial charge is 0.223 e. The fourth-order valence-corrected chi connectivity index (χ4v) is 3.34. The number of hydrogen-bond donors (Lipinski definition) is 0. The van der Waals surface area contributed by atoms with Gasteiger partial charge in [-0.15, -0.1) is 0 Å². The van der Waals surface area contributed by atoms with E-state index in [1.54, 1.807) is 0 Å². The number of likely N-dealkylation sites (tertiary alicyclic amines) is 1. The summed E-state index contributed by atoms with van der Waals surface area (Å²) in [5.41, 5.74) is 1.18. The molecular weight excluding hydrogens is 252 g/mol. The van der Waals surface area contributed by atoms with Crippen LogP contribution in [0.3, 0.4) is 0 Å². The maximum absolute atomic E-state index is 12.3. The lowest BCUT2D eigenvalue weighted by molar-refractivity contribution is -0.128. The molecule has 1 atom stereocenters. The summed E-state index contributed by atoms with van der Waals surface area (Å²) in [5, 5.41) is 0. The highest BCUT2D eigenvalue weighted by Crippen LogP contribution is 2.34. The molecule has 20 heavy (non-hydrogen) atoms. The van der Waals surface area contributed by atoms with Gasteiger partial charge in [0.05, 0.1) is 13.2 Å². The lowest BCUT2D eigenvalue weighted by Gasteiger charge is -2.29. The van der Waals surface area contributed by atoms with Crippen LogP contribution in [0.1, 0.15) is 12.0 Å². The van der Waals surface area contributed by atoms with Crippen molar-refractivity contribution in [3.63, 3.8) is 0 Å². The van der Waals surface area contributed by atoms with Crippen molar-refractivity contribution in [1.82, 2.24) is 9.80 Å². The van der Waals surface area contributed by atoms with E-state index in [2.05, 4.69) is 24.1 Å². The van der Waals surface area contributed by atoms with Crippen LogP contribution in [0.4, 0.5) is 0 Å². The molecule has 2 saturated heterocycles. The van der Waals surface area contributed by atoms with Gasteiger partial charge in [-0.3, -0.25) is 4.79 Å². The number of ether oxygens (including phenoxy) is 1. The van der Waals surface area contributed by atoms with Gasteiger partial charge in [0.15, 0.2) is 0 Å². The van der Waals surface area contributed by atoms with E-state index < -0.39 is 0 Å². The minimum absolute atomic E-state index is 0.0168. The van der Waals surface area contributed by atoms with Crippen LogP contribution in [0.25, 0.3) is 0 Å². The highest BCUT2D eigenvalue weighted by molar-refractivity contribution is 5.79. The summed E-state index contributed by atoms with van der Waals surface area (Å²) < 4.78 is 5.73. The van der Waals surface area contributed by atoms with Crippen molar-refractivity contribution < 1.29 is 9.53 Å². The van der Waals surface area contributed by atoms with Crippen LogP contribution in [-0.2, 0) is 16.1 Å². The van der Waals surface area contributed by atoms with E-state index in [4.69, 9.17) is 4.74 Å². The summed E-state index contributed by atoms with van der Waals surface area (Å²) in [6.07, 6.45) is 0.615. The number of likely N-dealkylation sites (N-methyl/N-ethyl adjacent to an activating group) is 1. The summed E-state index contributed by atoms with van der Waals surface area (Å²) in [6, 6.07) is 10.2. The summed E-state index contributed by atoms with van der Waals surface area (Å²) in [4.78, 5) is 16.6. The quantitative estimate of drug-likeness (QED) is 0.816. The molecule has 4 heteroatoms. The van der Waals surface area contributed by atoms with Gasteiger partial charge in [-0.1, -0.05) is 30.3 Å². The molecule has 4 nitrogen and oxygen atoms in total. The molecule has 2 heterocycles. The summed E-state index contributed by atoms with van der Waals surface area (Å²) >= 11 is 0. The highest BCUT2D eigenvalue weighted by Gasteiger charge is 2.44. The van der Waals surface area contributed by atoms with Crippen molar-refractivity contribution in [2.45, 2.75) is 13.0 Å². The normalized spacial score (nSPS) is 28.1. The lowest BCUT2D eigenvalue weighted by atomic mass is 9.87. The van der Waals surface area contributed by atoms with E-state index in [1.807, 2.05) is 23.1 Å². The van der Waals surface area contributed by atoms with E-state index in [-0.39, 0.29) is 11.3 Å². The van der Waals surface area contributed by atoms with Crippen LogP contribution >= 0.6 is 0 Å². The van der Waals surface area contributed by atoms with Gasteiger partial charge in [0, 0.05) is 38.0 Å². The van der Waals surface area contributed by atoms with Crippen molar-refractivity contribution in [1.29, 1.82) is 0 Å². The molecule has 3 rings (SSSR count). The third-order valence-electron chi connectivity index (χ3n) is 4.25. The average molecular weight is 274 g/mol. The van der Waals surface area contributed by atoms with Gasteiger partial charge in [0.1, 0.15) is 0 Å². The van der Waals surface area contributed by atoms with Crippen molar-refractivity contribution in [2.75, 3.05) is 39.9 Å². The van der Waals surface area contributed by atoms with E-state index in [1.165, 1.54) is 5.56 Å². The van der Waals surface area contributed by atoms with Gasteiger partial charge < -0.3 is 14.5 Å². The second-order valence-electron chi connectivity index (χ2n) is 6.20. The SMILES string of the molecule is CN1CCOC[C@@]2(CC(=O)N(Cc3ccccc3)C2)C1. The molecule has 0 unspecified atom stereocenters. The number of nitrogens with zero attached hydrogens (tertiary/aromatic N) is 2. The summed E-state index contributed by atoms with van der Waals surface area (Å²) in [7, 11) is 2.11. The maximum atomic E-state index is 12.3. The Bertz CT molecular complexity index is 477. The monoisotopic (exact) mass is 274 g/mol. The number of amides is 1. The number of carbonyl (C=O) groups is 1. The Kier molecular flexibility index (Phi) is 3.76. The predicted octanol–water partition coefficient (Wildman–Crippen LogP) is 1.37. The Balaban J connectivity index is 1.71. The van der Waals surface area contributed by atoms with Crippen LogP contribution in [0, 0.1) is 5.41 Å². The fourth-order valence-electron chi connectivity index (χ4n) is 3.34. The molecule has 2 aliphatic rings. The van der Waals surface area contributed by atoms with Crippen LogP contribution in [-0.4, -0.2) is 55.6 Å². The maximum Gasteiger partial charge on any atom is 0.223 e. The summed E-state index contributed by atoms with van der Waals surface area (Å²) in [6.45, 7) is 4.90. The Morgan fingerprint density at radius 2 is 2.05 bits per heavy atom. The van der Waals surface area contributed by atoms with Crippen molar-refractivity contribution >= 4 is 5.91 Å². The third-order valence-corrected chi connectivity index (χ3v) is 4.25. The van der Waals surface area contributed by atoms with Gasteiger partial charge >= 0.3 is 0 Å². The molecule has 0 aromatic heterocycles. The Labute approximate surface area is 120 Å². The van der Waals surface area contributed by atoms with E-state index in [9.17, 15) is 4.79 Å². The third kappa shape index (κ3) is 2.86. The molecular formula is C16H22N2O2. The van der Waals surface area contributed by atoms with Crippen LogP contribution < -0.4 is 0 Å². The van der Waals surface area contributed by atoms with Gasteiger partial charge in [-0.2, -0.15) is 0 Å². The molecule has 2 fully saturated rings. The number of benzene rings is 1. The highest BCUT2D eigenvalue weighted by atomic mass is 16.5. The van der Waals surface area contributed by atoms with Crippen molar-refractivity contribution in [3.8, 4) is 0 Å². The van der Waals surface area contributed by atoms with Crippen LogP contribution in [0.2, 0.25) is 0 Å². The minimum Gasteiger partial charge on any atom is -0.379 e. The zero-order chi connectivity index (χ0) is 14.0. The first-order valence-corrected chi connectivity index (χ1v) is 7.25. The topological polar surface area (TPSA) is 32.8 Å². The van der Waals surface area contributed by atoms with Crippen molar-refractivity contribution in [3.05, 3.63) is 35.9 Å². The zero-order valence-corrected chi connectivity index (χ0v) is 12.0. The molecule has 1 aromatic carbocycles. The van der Waals surface area contributed by atoms with Gasteiger partial charge in [-0.25, -0.2) is 0 Å². The molecule has 0 aliphatic carbocycles. The average Bonchev–Trinajstić information content (AvgIpc) is 2.61.